The van der Waals surface area contributed by atoms with Crippen LogP contribution in [0.1, 0.15) is 35.2 Å². The second kappa shape index (κ2) is 8.22. The lowest BCUT2D eigenvalue weighted by atomic mass is 9.79. The van der Waals surface area contributed by atoms with E-state index in [1.54, 1.807) is 23.1 Å². The molecule has 0 saturated carbocycles. The molecule has 2 heterocycles. The van der Waals surface area contributed by atoms with Gasteiger partial charge in [0.1, 0.15) is 6.04 Å². The average Bonchev–Trinajstić information content (AvgIpc) is 2.79. The Morgan fingerprint density at radius 2 is 1.84 bits per heavy atom. The molecular weight excluding hydrogens is 398 g/mol. The number of likely N-dealkylation sites (N-methyl/N-ethyl adjacent to an activating group) is 1. The molecule has 160 valence electrons. The van der Waals surface area contributed by atoms with Crippen LogP contribution in [0.2, 0.25) is 0 Å². The van der Waals surface area contributed by atoms with Gasteiger partial charge in [-0.25, -0.2) is 0 Å². The first-order valence-electron chi connectivity index (χ1n) is 10.1. The van der Waals surface area contributed by atoms with Crippen LogP contribution >= 0.6 is 0 Å². The van der Waals surface area contributed by atoms with Crippen LogP contribution in [-0.4, -0.2) is 49.9 Å². The lowest BCUT2D eigenvalue weighted by Crippen LogP contribution is -2.55. The molecule has 0 aliphatic carbocycles. The third-order valence-corrected chi connectivity index (χ3v) is 5.73. The van der Waals surface area contributed by atoms with Gasteiger partial charge in [0.15, 0.2) is 6.61 Å². The Morgan fingerprint density at radius 3 is 2.52 bits per heavy atom. The zero-order valence-corrected chi connectivity index (χ0v) is 17.3. The summed E-state index contributed by atoms with van der Waals surface area (Å²) < 4.78 is 4.89. The summed E-state index contributed by atoms with van der Waals surface area (Å²) in [6.45, 7) is 1.16. The molecule has 3 amide bonds. The summed E-state index contributed by atoms with van der Waals surface area (Å²) in [6, 6.07) is 13.8. The quantitative estimate of drug-likeness (QED) is 0.760. The van der Waals surface area contributed by atoms with Crippen LogP contribution in [-0.2, 0) is 19.1 Å². The number of esters is 1. The molecule has 4 rings (SSSR count). The normalized spacial score (nSPS) is 19.5. The Labute approximate surface area is 179 Å². The van der Waals surface area contributed by atoms with Crippen LogP contribution in [0.4, 0.5) is 11.4 Å². The summed E-state index contributed by atoms with van der Waals surface area (Å²) in [5.74, 6) is -1.67. The molecular formula is C23H23N3O5. The van der Waals surface area contributed by atoms with E-state index < -0.39 is 24.5 Å². The van der Waals surface area contributed by atoms with Gasteiger partial charge in [0, 0.05) is 43.4 Å². The van der Waals surface area contributed by atoms with Crippen molar-refractivity contribution in [1.29, 1.82) is 0 Å². The van der Waals surface area contributed by atoms with Gasteiger partial charge >= 0.3 is 5.97 Å². The number of nitrogens with one attached hydrogen (secondary N) is 1. The van der Waals surface area contributed by atoms with E-state index in [1.165, 1.54) is 18.9 Å². The molecule has 0 radical (unpaired) electrons. The summed E-state index contributed by atoms with van der Waals surface area (Å²) in [7, 11) is 1.52. The van der Waals surface area contributed by atoms with E-state index in [1.807, 2.05) is 30.3 Å². The van der Waals surface area contributed by atoms with Gasteiger partial charge in [0.05, 0.1) is 0 Å². The second-order valence-corrected chi connectivity index (χ2v) is 7.60. The number of nitrogens with zero attached hydrogens (tertiary/aromatic N) is 2. The molecule has 2 atom stereocenters. The van der Waals surface area contributed by atoms with Crippen molar-refractivity contribution < 1.29 is 23.9 Å². The number of hydrogen-bond donors (Lipinski definition) is 1. The number of carbonyl (C=O) groups excluding carboxylic acids is 4. The number of para-hydroxylation sites is 1. The maximum atomic E-state index is 13.3. The van der Waals surface area contributed by atoms with Crippen molar-refractivity contribution in [2.45, 2.75) is 25.3 Å². The molecule has 2 aromatic rings. The molecule has 0 saturated heterocycles. The first-order valence-corrected chi connectivity index (χ1v) is 10.1. The van der Waals surface area contributed by atoms with Crippen molar-refractivity contribution in [2.75, 3.05) is 30.0 Å². The third-order valence-electron chi connectivity index (χ3n) is 5.73. The van der Waals surface area contributed by atoms with Gasteiger partial charge in [-0.2, -0.15) is 0 Å². The predicted octanol–water partition coefficient (Wildman–Crippen LogP) is 1.84. The SMILES string of the molecule is CNC(=O)[C@@H]1C[C@H]2CN(c3ccccc3)C(=O)c3cccc(c32)N1C(=O)COC(C)=O. The zero-order valence-electron chi connectivity index (χ0n) is 17.3. The van der Waals surface area contributed by atoms with Gasteiger partial charge in [-0.05, 0) is 36.2 Å². The van der Waals surface area contributed by atoms with Gasteiger partial charge in [-0.1, -0.05) is 24.3 Å². The van der Waals surface area contributed by atoms with Crippen LogP contribution in [0.5, 0.6) is 0 Å². The van der Waals surface area contributed by atoms with E-state index >= 15 is 0 Å². The number of ether oxygens (including phenoxy) is 1. The molecule has 1 N–H and O–H groups in total. The monoisotopic (exact) mass is 421 g/mol. The molecule has 0 spiro atoms. The maximum Gasteiger partial charge on any atom is 0.303 e. The topological polar surface area (TPSA) is 96.0 Å². The highest BCUT2D eigenvalue weighted by molar-refractivity contribution is 6.12. The maximum absolute atomic E-state index is 13.3. The smallest absolute Gasteiger partial charge is 0.303 e. The summed E-state index contributed by atoms with van der Waals surface area (Å²) in [6.07, 6.45) is 0.353. The first-order chi connectivity index (χ1) is 14.9. The number of anilines is 2. The summed E-state index contributed by atoms with van der Waals surface area (Å²) in [5.41, 5.74) is 2.57. The van der Waals surface area contributed by atoms with Crippen LogP contribution < -0.4 is 15.1 Å². The highest BCUT2D eigenvalue weighted by Crippen LogP contribution is 2.44. The molecule has 2 aliphatic heterocycles. The molecule has 0 unspecified atom stereocenters. The lowest BCUT2D eigenvalue weighted by molar-refractivity contribution is -0.145. The number of amides is 3. The summed E-state index contributed by atoms with van der Waals surface area (Å²) >= 11 is 0. The standard InChI is InChI=1S/C23H23N3O5/c1-14(27)31-13-20(28)26-18-10-6-9-17-21(18)15(11-19(26)22(29)24-2)12-25(23(17)30)16-7-4-3-5-8-16/h3-10,15,19H,11-13H2,1-2H3,(H,24,29)/t15-,19-/m0/s1. The van der Waals surface area contributed by atoms with Crippen LogP contribution in [0.25, 0.3) is 0 Å². The number of carbonyl (C=O) groups is 4. The molecule has 0 bridgehead atoms. The first kappa shape index (κ1) is 20.6. The third kappa shape index (κ3) is 3.65. The fraction of sp³-hybridized carbons (Fsp3) is 0.304. The van der Waals surface area contributed by atoms with Gasteiger partial charge in [-0.3, -0.25) is 24.1 Å². The Morgan fingerprint density at radius 1 is 1.10 bits per heavy atom. The number of hydrogen-bond acceptors (Lipinski definition) is 5. The molecule has 31 heavy (non-hydrogen) atoms. The summed E-state index contributed by atoms with van der Waals surface area (Å²) in [4.78, 5) is 53.3. The fourth-order valence-electron chi connectivity index (χ4n) is 4.42. The van der Waals surface area contributed by atoms with Crippen molar-refractivity contribution in [3.63, 3.8) is 0 Å². The molecule has 0 fully saturated rings. The summed E-state index contributed by atoms with van der Waals surface area (Å²) in [5, 5.41) is 2.62. The molecule has 2 aliphatic rings. The number of benzene rings is 2. The van der Waals surface area contributed by atoms with E-state index in [2.05, 4.69) is 5.32 Å². The molecule has 2 aromatic carbocycles. The van der Waals surface area contributed by atoms with Crippen molar-refractivity contribution in [3.8, 4) is 0 Å². The van der Waals surface area contributed by atoms with Crippen molar-refractivity contribution >= 4 is 35.1 Å². The molecule has 8 nitrogen and oxygen atoms in total. The molecule has 8 heteroatoms. The van der Waals surface area contributed by atoms with E-state index in [-0.39, 0.29) is 17.7 Å². The minimum absolute atomic E-state index is 0.121. The van der Waals surface area contributed by atoms with Gasteiger partial charge in [0.25, 0.3) is 11.8 Å². The van der Waals surface area contributed by atoms with Crippen molar-refractivity contribution in [1.82, 2.24) is 5.32 Å². The van der Waals surface area contributed by atoms with Crippen LogP contribution in [0, 0.1) is 0 Å². The average molecular weight is 421 g/mol. The van der Waals surface area contributed by atoms with E-state index in [9.17, 15) is 19.2 Å². The highest BCUT2D eigenvalue weighted by Gasteiger charge is 2.45. The highest BCUT2D eigenvalue weighted by atomic mass is 16.5. The van der Waals surface area contributed by atoms with Gasteiger partial charge in [-0.15, -0.1) is 0 Å². The van der Waals surface area contributed by atoms with Crippen molar-refractivity contribution in [2.24, 2.45) is 0 Å². The fourth-order valence-corrected chi connectivity index (χ4v) is 4.42. The number of rotatable bonds is 4. The van der Waals surface area contributed by atoms with Crippen LogP contribution in [0.3, 0.4) is 0 Å². The van der Waals surface area contributed by atoms with Gasteiger partial charge in [0.2, 0.25) is 5.91 Å². The Hall–Kier alpha value is -3.68. The van der Waals surface area contributed by atoms with Crippen LogP contribution in [0.15, 0.2) is 48.5 Å². The predicted molar refractivity (Wildman–Crippen MR) is 114 cm³/mol. The zero-order chi connectivity index (χ0) is 22.1. The van der Waals surface area contributed by atoms with E-state index in [0.717, 1.165) is 11.3 Å². The largest absolute Gasteiger partial charge is 0.456 e. The van der Waals surface area contributed by atoms with E-state index in [4.69, 9.17) is 4.74 Å². The minimum atomic E-state index is -0.772. The Balaban J connectivity index is 1.79. The molecule has 0 aromatic heterocycles. The Kier molecular flexibility index (Phi) is 5.46. The van der Waals surface area contributed by atoms with E-state index in [0.29, 0.717) is 24.2 Å². The minimum Gasteiger partial charge on any atom is -0.456 e. The van der Waals surface area contributed by atoms with Gasteiger partial charge < -0.3 is 15.0 Å². The lowest BCUT2D eigenvalue weighted by Gasteiger charge is -2.44. The van der Waals surface area contributed by atoms with Crippen molar-refractivity contribution in [3.05, 3.63) is 59.7 Å². The Bertz CT molecular complexity index is 1050. The second-order valence-electron chi connectivity index (χ2n) is 7.60.